The van der Waals surface area contributed by atoms with Gasteiger partial charge in [-0.2, -0.15) is 0 Å². The van der Waals surface area contributed by atoms with Crippen molar-refractivity contribution in [2.24, 2.45) is 0 Å². The van der Waals surface area contributed by atoms with Crippen LogP contribution in [0.5, 0.6) is 11.5 Å². The molecule has 0 bridgehead atoms. The van der Waals surface area contributed by atoms with Crippen LogP contribution in [0.25, 0.3) is 0 Å². The molecule has 0 saturated carbocycles. The topological polar surface area (TPSA) is 104 Å². The van der Waals surface area contributed by atoms with Gasteiger partial charge in [0.1, 0.15) is 11.4 Å². The van der Waals surface area contributed by atoms with Crippen molar-refractivity contribution in [3.05, 3.63) is 57.8 Å². The molecule has 0 spiro atoms. The lowest BCUT2D eigenvalue weighted by atomic mass is 10.2. The molecule has 2 rings (SSSR count). The maximum absolute atomic E-state index is 12.2. The Hall–Kier alpha value is -3.16. The van der Waals surface area contributed by atoms with Gasteiger partial charge in [0.05, 0.1) is 7.11 Å². The number of hydrogen-bond donors (Lipinski definition) is 1. The first kappa shape index (κ1) is 18.2. The van der Waals surface area contributed by atoms with Gasteiger partial charge in [0.25, 0.3) is 5.91 Å². The summed E-state index contributed by atoms with van der Waals surface area (Å²) in [7, 11) is 1.55. The number of nitro groups is 1. The zero-order valence-corrected chi connectivity index (χ0v) is 14.2. The molecule has 0 aliphatic rings. The number of carbonyl (C=O) groups is 1. The molecule has 1 aromatic heterocycles. The molecule has 8 heteroatoms. The Balaban J connectivity index is 2.02. The summed E-state index contributed by atoms with van der Waals surface area (Å²) in [6.07, 6.45) is -0.919. The number of amides is 1. The Morgan fingerprint density at radius 2 is 2.00 bits per heavy atom. The highest BCUT2D eigenvalue weighted by molar-refractivity contribution is 5.80. The molecule has 0 aliphatic heterocycles. The van der Waals surface area contributed by atoms with Gasteiger partial charge >= 0.3 is 5.82 Å². The van der Waals surface area contributed by atoms with Crippen LogP contribution >= 0.6 is 0 Å². The third-order valence-electron chi connectivity index (χ3n) is 3.47. The van der Waals surface area contributed by atoms with Gasteiger partial charge in [-0.15, -0.1) is 0 Å². The van der Waals surface area contributed by atoms with Gasteiger partial charge in [-0.05, 0) is 35.0 Å². The van der Waals surface area contributed by atoms with Crippen LogP contribution in [-0.4, -0.2) is 29.0 Å². The summed E-state index contributed by atoms with van der Waals surface area (Å²) in [6, 6.07) is 10.3. The van der Waals surface area contributed by atoms with E-state index in [1.54, 1.807) is 26.2 Å². The zero-order valence-electron chi connectivity index (χ0n) is 14.2. The Bertz CT molecular complexity index is 779. The van der Waals surface area contributed by atoms with Crippen molar-refractivity contribution in [2.75, 3.05) is 7.11 Å². The molecule has 0 fully saturated rings. The minimum absolute atomic E-state index is 0.0458. The summed E-state index contributed by atoms with van der Waals surface area (Å²) >= 11 is 0. The molecule has 0 radical (unpaired) electrons. The van der Waals surface area contributed by atoms with E-state index >= 15 is 0 Å². The third-order valence-corrected chi connectivity index (χ3v) is 3.47. The van der Waals surface area contributed by atoms with Gasteiger partial charge in [0, 0.05) is 19.0 Å². The highest BCUT2D eigenvalue weighted by Gasteiger charge is 2.22. The first-order valence-corrected chi connectivity index (χ1v) is 7.60. The summed E-state index contributed by atoms with van der Waals surface area (Å²) in [5, 5.41) is 13.8. The van der Waals surface area contributed by atoms with E-state index < -0.39 is 22.8 Å². The van der Waals surface area contributed by atoms with Crippen LogP contribution in [0.4, 0.5) is 5.82 Å². The molecule has 1 heterocycles. The highest BCUT2D eigenvalue weighted by atomic mass is 16.6. The SMILES string of the molecule is COc1ccccc1CNC(=O)[C@H](C)Oc1ccc(C)nc1[N+](=O)[O-]. The Kier molecular flexibility index (Phi) is 5.89. The molecular weight excluding hydrogens is 326 g/mol. The van der Waals surface area contributed by atoms with Crippen molar-refractivity contribution in [3.8, 4) is 11.5 Å². The predicted molar refractivity (Wildman–Crippen MR) is 90.6 cm³/mol. The fourth-order valence-electron chi connectivity index (χ4n) is 2.17. The van der Waals surface area contributed by atoms with E-state index in [-0.39, 0.29) is 12.3 Å². The summed E-state index contributed by atoms with van der Waals surface area (Å²) in [4.78, 5) is 26.4. The van der Waals surface area contributed by atoms with E-state index in [9.17, 15) is 14.9 Å². The number of carbonyl (C=O) groups excluding carboxylic acids is 1. The van der Waals surface area contributed by atoms with Crippen LogP contribution in [0, 0.1) is 17.0 Å². The van der Waals surface area contributed by atoms with Crippen LogP contribution in [0.2, 0.25) is 0 Å². The number of pyridine rings is 1. The van der Waals surface area contributed by atoms with Crippen molar-refractivity contribution in [1.29, 1.82) is 0 Å². The average Bonchev–Trinajstić information content (AvgIpc) is 2.61. The molecule has 1 N–H and O–H groups in total. The highest BCUT2D eigenvalue weighted by Crippen LogP contribution is 2.25. The standard InChI is InChI=1S/C17H19N3O5/c1-11-8-9-15(16(19-11)20(22)23)25-12(2)17(21)18-10-13-6-4-5-7-14(13)24-3/h4-9,12H,10H2,1-3H3,(H,18,21)/t12-/m0/s1. The van der Waals surface area contributed by atoms with E-state index in [0.717, 1.165) is 5.56 Å². The number of benzene rings is 1. The molecule has 1 amide bonds. The first-order valence-electron chi connectivity index (χ1n) is 7.60. The largest absolute Gasteiger partial charge is 0.496 e. The minimum Gasteiger partial charge on any atom is -0.496 e. The fourth-order valence-corrected chi connectivity index (χ4v) is 2.17. The minimum atomic E-state index is -0.919. The predicted octanol–water partition coefficient (Wildman–Crippen LogP) is 2.39. The molecule has 8 nitrogen and oxygen atoms in total. The number of rotatable bonds is 7. The van der Waals surface area contributed by atoms with Crippen molar-refractivity contribution in [2.45, 2.75) is 26.5 Å². The van der Waals surface area contributed by atoms with E-state index in [0.29, 0.717) is 11.4 Å². The first-order chi connectivity index (χ1) is 11.9. The number of nitrogens with one attached hydrogen (secondary N) is 1. The lowest BCUT2D eigenvalue weighted by Gasteiger charge is -2.15. The van der Waals surface area contributed by atoms with Crippen LogP contribution in [0.15, 0.2) is 36.4 Å². The molecule has 0 aliphatic carbocycles. The number of nitrogens with zero attached hydrogens (tertiary/aromatic N) is 2. The molecule has 0 unspecified atom stereocenters. The maximum Gasteiger partial charge on any atom is 0.406 e. The molecule has 0 saturated heterocycles. The van der Waals surface area contributed by atoms with Gasteiger partial charge in [-0.25, -0.2) is 0 Å². The van der Waals surface area contributed by atoms with E-state index in [1.165, 1.54) is 13.0 Å². The van der Waals surface area contributed by atoms with Gasteiger partial charge in [0.15, 0.2) is 6.10 Å². The second kappa shape index (κ2) is 8.09. The van der Waals surface area contributed by atoms with E-state index in [4.69, 9.17) is 9.47 Å². The van der Waals surface area contributed by atoms with Crippen molar-refractivity contribution in [3.63, 3.8) is 0 Å². The monoisotopic (exact) mass is 345 g/mol. The summed E-state index contributed by atoms with van der Waals surface area (Å²) in [5.41, 5.74) is 1.31. The molecular formula is C17H19N3O5. The van der Waals surface area contributed by atoms with Crippen molar-refractivity contribution >= 4 is 11.7 Å². The lowest BCUT2D eigenvalue weighted by molar-refractivity contribution is -0.390. The second-order valence-corrected chi connectivity index (χ2v) is 5.32. The van der Waals surface area contributed by atoms with Crippen LogP contribution < -0.4 is 14.8 Å². The van der Waals surface area contributed by atoms with Crippen LogP contribution in [0.1, 0.15) is 18.2 Å². The summed E-state index contributed by atoms with van der Waals surface area (Å²) in [5.74, 6) is -0.199. The van der Waals surface area contributed by atoms with Crippen LogP contribution in [0.3, 0.4) is 0 Å². The zero-order chi connectivity index (χ0) is 18.4. The summed E-state index contributed by atoms with van der Waals surface area (Å²) < 4.78 is 10.6. The summed E-state index contributed by atoms with van der Waals surface area (Å²) in [6.45, 7) is 3.41. The van der Waals surface area contributed by atoms with Crippen LogP contribution in [-0.2, 0) is 11.3 Å². The molecule has 25 heavy (non-hydrogen) atoms. The normalized spacial score (nSPS) is 11.5. The number of aryl methyl sites for hydroxylation is 1. The smallest absolute Gasteiger partial charge is 0.406 e. The second-order valence-electron chi connectivity index (χ2n) is 5.32. The molecule has 1 aromatic carbocycles. The van der Waals surface area contributed by atoms with Gasteiger partial charge in [-0.1, -0.05) is 18.2 Å². The Labute approximate surface area is 144 Å². The van der Waals surface area contributed by atoms with Crippen molar-refractivity contribution in [1.82, 2.24) is 10.3 Å². The number of para-hydroxylation sites is 1. The lowest BCUT2D eigenvalue weighted by Crippen LogP contribution is -2.36. The van der Waals surface area contributed by atoms with Crippen molar-refractivity contribution < 1.29 is 19.2 Å². The van der Waals surface area contributed by atoms with Gasteiger partial charge in [0.2, 0.25) is 5.75 Å². The third kappa shape index (κ3) is 4.66. The molecule has 132 valence electrons. The number of aromatic nitrogens is 1. The molecule has 2 aromatic rings. The van der Waals surface area contributed by atoms with E-state index in [1.807, 2.05) is 18.2 Å². The van der Waals surface area contributed by atoms with E-state index in [2.05, 4.69) is 10.3 Å². The number of methoxy groups -OCH3 is 1. The fraction of sp³-hybridized carbons (Fsp3) is 0.294. The maximum atomic E-state index is 12.2. The Morgan fingerprint density at radius 3 is 2.68 bits per heavy atom. The van der Waals surface area contributed by atoms with Gasteiger partial charge < -0.3 is 24.9 Å². The Morgan fingerprint density at radius 1 is 1.28 bits per heavy atom. The van der Waals surface area contributed by atoms with Gasteiger partial charge in [-0.3, -0.25) is 4.79 Å². The number of hydrogen-bond acceptors (Lipinski definition) is 6. The quantitative estimate of drug-likeness (QED) is 0.610. The average molecular weight is 345 g/mol. The number of ether oxygens (including phenoxy) is 2. The molecule has 1 atom stereocenters.